The molecule has 1 nitrogen and oxygen atoms in total. The van der Waals surface area contributed by atoms with E-state index in [2.05, 4.69) is 4.98 Å². The van der Waals surface area contributed by atoms with Crippen LogP contribution in [0.4, 0.5) is 8.78 Å². The van der Waals surface area contributed by atoms with Crippen molar-refractivity contribution < 1.29 is 8.78 Å². The first kappa shape index (κ1) is 13.7. The third kappa shape index (κ3) is 2.37. The lowest BCUT2D eigenvalue weighted by Crippen LogP contribution is -2.02. The van der Waals surface area contributed by atoms with Gasteiger partial charge in [0.25, 0.3) is 0 Å². The fourth-order valence-electron chi connectivity index (χ4n) is 2.39. The van der Waals surface area contributed by atoms with E-state index in [1.165, 1.54) is 12.1 Å². The van der Waals surface area contributed by atoms with Crippen molar-refractivity contribution in [3.05, 3.63) is 52.9 Å². The van der Waals surface area contributed by atoms with E-state index in [0.717, 1.165) is 16.8 Å². The van der Waals surface area contributed by atoms with Crippen LogP contribution in [0, 0.1) is 25.5 Å². The molecule has 0 saturated carbocycles. The maximum atomic E-state index is 14.6. The standard InChI is InChI=1S/C16H17F2N/c1-9(2)14-13(17)6-5-12(16(14)18)15-10(3)7-8-19-11(15)4/h5-9H,1-4H3. The maximum absolute atomic E-state index is 14.6. The van der Waals surface area contributed by atoms with Gasteiger partial charge in [0, 0.05) is 28.6 Å². The molecule has 1 heterocycles. The molecule has 0 fully saturated rings. The average molecular weight is 261 g/mol. The van der Waals surface area contributed by atoms with E-state index in [1.54, 1.807) is 20.0 Å². The van der Waals surface area contributed by atoms with Gasteiger partial charge in [0.15, 0.2) is 0 Å². The zero-order valence-electron chi connectivity index (χ0n) is 11.6. The number of aromatic nitrogens is 1. The Kier molecular flexibility index (Phi) is 3.65. The van der Waals surface area contributed by atoms with Crippen molar-refractivity contribution in [1.29, 1.82) is 0 Å². The van der Waals surface area contributed by atoms with Gasteiger partial charge in [0.1, 0.15) is 11.6 Å². The Hall–Kier alpha value is -1.77. The zero-order chi connectivity index (χ0) is 14.2. The van der Waals surface area contributed by atoms with Gasteiger partial charge in [0.05, 0.1) is 0 Å². The van der Waals surface area contributed by atoms with E-state index in [9.17, 15) is 8.78 Å². The first-order chi connectivity index (χ1) is 8.93. The third-order valence-corrected chi connectivity index (χ3v) is 3.32. The van der Waals surface area contributed by atoms with Crippen molar-refractivity contribution in [2.45, 2.75) is 33.6 Å². The Morgan fingerprint density at radius 3 is 2.32 bits per heavy atom. The molecule has 0 saturated heterocycles. The van der Waals surface area contributed by atoms with Crippen LogP contribution in [-0.2, 0) is 0 Å². The normalized spacial score (nSPS) is 11.1. The van der Waals surface area contributed by atoms with Crippen molar-refractivity contribution in [2.24, 2.45) is 0 Å². The van der Waals surface area contributed by atoms with Gasteiger partial charge in [0.2, 0.25) is 0 Å². The summed E-state index contributed by atoms with van der Waals surface area (Å²) in [6.07, 6.45) is 1.69. The molecular formula is C16H17F2N. The highest BCUT2D eigenvalue weighted by Crippen LogP contribution is 2.33. The quantitative estimate of drug-likeness (QED) is 0.759. The summed E-state index contributed by atoms with van der Waals surface area (Å²) >= 11 is 0. The van der Waals surface area contributed by atoms with E-state index in [0.29, 0.717) is 5.56 Å². The second-order valence-corrected chi connectivity index (χ2v) is 5.07. The second-order valence-electron chi connectivity index (χ2n) is 5.07. The SMILES string of the molecule is Cc1ccnc(C)c1-c1ccc(F)c(C(C)C)c1F. The molecule has 2 aromatic rings. The number of rotatable bonds is 2. The van der Waals surface area contributed by atoms with Gasteiger partial charge in [-0.3, -0.25) is 4.98 Å². The number of hydrogen-bond donors (Lipinski definition) is 0. The van der Waals surface area contributed by atoms with Crippen molar-refractivity contribution in [2.75, 3.05) is 0 Å². The molecular weight excluding hydrogens is 244 g/mol. The molecule has 0 radical (unpaired) electrons. The van der Waals surface area contributed by atoms with Gasteiger partial charge in [-0.15, -0.1) is 0 Å². The summed E-state index contributed by atoms with van der Waals surface area (Å²) < 4.78 is 28.3. The Morgan fingerprint density at radius 1 is 1.05 bits per heavy atom. The van der Waals surface area contributed by atoms with Crippen LogP contribution in [0.2, 0.25) is 0 Å². The Morgan fingerprint density at radius 2 is 1.74 bits per heavy atom. The highest BCUT2D eigenvalue weighted by molar-refractivity contribution is 5.70. The summed E-state index contributed by atoms with van der Waals surface area (Å²) in [5.41, 5.74) is 3.00. The number of halogens is 2. The van der Waals surface area contributed by atoms with E-state index in [1.807, 2.05) is 19.9 Å². The number of nitrogens with zero attached hydrogens (tertiary/aromatic N) is 1. The lowest BCUT2D eigenvalue weighted by atomic mass is 9.93. The van der Waals surface area contributed by atoms with Crippen LogP contribution in [0.15, 0.2) is 24.4 Å². The molecule has 1 aromatic carbocycles. The Labute approximate surface area is 112 Å². The van der Waals surface area contributed by atoms with Crippen LogP contribution in [0.3, 0.4) is 0 Å². The highest BCUT2D eigenvalue weighted by atomic mass is 19.1. The predicted octanol–water partition coefficient (Wildman–Crippen LogP) is 4.77. The van der Waals surface area contributed by atoms with Gasteiger partial charge >= 0.3 is 0 Å². The number of benzene rings is 1. The molecule has 3 heteroatoms. The molecule has 0 amide bonds. The summed E-state index contributed by atoms with van der Waals surface area (Å²) in [6, 6.07) is 4.66. The van der Waals surface area contributed by atoms with Gasteiger partial charge < -0.3 is 0 Å². The Balaban J connectivity index is 2.74. The highest BCUT2D eigenvalue weighted by Gasteiger charge is 2.19. The molecule has 0 aliphatic rings. The molecule has 0 bridgehead atoms. The van der Waals surface area contributed by atoms with E-state index in [-0.39, 0.29) is 11.5 Å². The molecule has 0 aliphatic carbocycles. The second kappa shape index (κ2) is 5.08. The lowest BCUT2D eigenvalue weighted by molar-refractivity contribution is 0.544. The fourth-order valence-corrected chi connectivity index (χ4v) is 2.39. The van der Waals surface area contributed by atoms with Crippen molar-refractivity contribution in [3.63, 3.8) is 0 Å². The van der Waals surface area contributed by atoms with Crippen LogP contribution in [0.5, 0.6) is 0 Å². The molecule has 0 unspecified atom stereocenters. The summed E-state index contributed by atoms with van der Waals surface area (Å²) in [6.45, 7) is 7.31. The predicted molar refractivity (Wildman–Crippen MR) is 73.2 cm³/mol. The average Bonchev–Trinajstić information content (AvgIpc) is 2.31. The topological polar surface area (TPSA) is 12.9 Å². The van der Waals surface area contributed by atoms with E-state index < -0.39 is 11.6 Å². The molecule has 0 spiro atoms. The van der Waals surface area contributed by atoms with Gasteiger partial charge in [-0.25, -0.2) is 8.78 Å². The molecule has 0 atom stereocenters. The molecule has 100 valence electrons. The molecule has 19 heavy (non-hydrogen) atoms. The van der Waals surface area contributed by atoms with E-state index in [4.69, 9.17) is 0 Å². The molecule has 1 aromatic heterocycles. The first-order valence-electron chi connectivity index (χ1n) is 6.34. The van der Waals surface area contributed by atoms with Crippen LogP contribution in [-0.4, -0.2) is 4.98 Å². The minimum absolute atomic E-state index is 0.139. The molecule has 0 aliphatic heterocycles. The van der Waals surface area contributed by atoms with E-state index >= 15 is 0 Å². The zero-order valence-corrected chi connectivity index (χ0v) is 11.6. The van der Waals surface area contributed by atoms with Crippen LogP contribution in [0.25, 0.3) is 11.1 Å². The maximum Gasteiger partial charge on any atom is 0.137 e. The lowest BCUT2D eigenvalue weighted by Gasteiger charge is -2.15. The largest absolute Gasteiger partial charge is 0.261 e. The van der Waals surface area contributed by atoms with Crippen LogP contribution in [0.1, 0.15) is 36.6 Å². The number of pyridine rings is 1. The first-order valence-corrected chi connectivity index (χ1v) is 6.34. The van der Waals surface area contributed by atoms with Gasteiger partial charge in [-0.1, -0.05) is 13.8 Å². The minimum atomic E-state index is -0.490. The van der Waals surface area contributed by atoms with Crippen molar-refractivity contribution in [1.82, 2.24) is 4.98 Å². The van der Waals surface area contributed by atoms with Gasteiger partial charge in [-0.2, -0.15) is 0 Å². The molecule has 2 rings (SSSR count). The minimum Gasteiger partial charge on any atom is -0.261 e. The van der Waals surface area contributed by atoms with Crippen LogP contribution >= 0.6 is 0 Å². The number of hydrogen-bond acceptors (Lipinski definition) is 1. The summed E-state index contributed by atoms with van der Waals surface area (Å²) in [5, 5.41) is 0. The summed E-state index contributed by atoms with van der Waals surface area (Å²) in [5.74, 6) is -1.16. The summed E-state index contributed by atoms with van der Waals surface area (Å²) in [7, 11) is 0. The van der Waals surface area contributed by atoms with Crippen molar-refractivity contribution >= 4 is 0 Å². The monoisotopic (exact) mass is 261 g/mol. The fraction of sp³-hybridized carbons (Fsp3) is 0.312. The third-order valence-electron chi connectivity index (χ3n) is 3.32. The van der Waals surface area contributed by atoms with Gasteiger partial charge in [-0.05, 0) is 43.5 Å². The smallest absolute Gasteiger partial charge is 0.137 e. The molecule has 0 N–H and O–H groups in total. The van der Waals surface area contributed by atoms with Crippen molar-refractivity contribution in [3.8, 4) is 11.1 Å². The Bertz CT molecular complexity index is 598. The van der Waals surface area contributed by atoms with Crippen LogP contribution < -0.4 is 0 Å². The summed E-state index contributed by atoms with van der Waals surface area (Å²) in [4.78, 5) is 4.19. The number of aryl methyl sites for hydroxylation is 2.